The maximum Gasteiger partial charge on any atom is 0.352 e. The van der Waals surface area contributed by atoms with Gasteiger partial charge < -0.3 is 26.4 Å². The van der Waals surface area contributed by atoms with Crippen molar-refractivity contribution in [3.8, 4) is 0 Å². The molecule has 2 atom stereocenters. The van der Waals surface area contributed by atoms with E-state index in [0.717, 1.165) is 40.2 Å². The number of fused-ring (bicyclic) bond motifs is 1. The number of nitrogens with zero attached hydrogens (tertiary/aromatic N) is 5. The van der Waals surface area contributed by atoms with Gasteiger partial charge in [-0.15, -0.1) is 16.9 Å². The number of tetrazole rings is 1. The van der Waals surface area contributed by atoms with Crippen LogP contribution >= 0.6 is 47.0 Å². The SMILES string of the molecule is Cn1nnnc1SCC1=C(C(=O)O)N2C(=O)C(O)(NC(=O)C3SC(=C(C(N)=O)C(=O)O)S3)[C@H]2SC1. The molecule has 0 radical (unpaired) electrons. The average molecular weight is 562 g/mol. The molecule has 2 fully saturated rings. The molecule has 3 amide bonds. The van der Waals surface area contributed by atoms with Crippen molar-refractivity contribution in [1.29, 1.82) is 0 Å². The summed E-state index contributed by atoms with van der Waals surface area (Å²) in [6, 6.07) is 0. The number of nitrogens with one attached hydrogen (secondary N) is 1. The highest BCUT2D eigenvalue weighted by molar-refractivity contribution is 8.39. The Balaban J connectivity index is 1.46. The quantitative estimate of drug-likeness (QED) is 0.0574. The van der Waals surface area contributed by atoms with E-state index >= 15 is 0 Å². The van der Waals surface area contributed by atoms with Crippen LogP contribution < -0.4 is 11.1 Å². The Morgan fingerprint density at radius 1 is 1.29 bits per heavy atom. The smallest absolute Gasteiger partial charge is 0.352 e. The summed E-state index contributed by atoms with van der Waals surface area (Å²) in [6.45, 7) is 0. The number of β-lactam (4-membered cyclic amide) rings is 1. The standard InChI is InChI=1S/C16H15N7O8S4/c1-22-15(19-20-21-22)33-3-4-2-32-14-16(31,13(30)23(14)6(4)10(28)29)18-8(25)12-34-11(35-12)5(7(17)24)9(26)27/h12,14,31H,2-3H2,1H3,(H2,17,24)(H,18,25)(H,26,27)(H,28,29)/t12?,14-,16?/m1/s1. The molecule has 0 saturated carbocycles. The van der Waals surface area contributed by atoms with E-state index in [1.165, 1.54) is 16.4 Å². The largest absolute Gasteiger partial charge is 0.477 e. The molecule has 3 aliphatic rings. The molecular weight excluding hydrogens is 546 g/mol. The molecule has 0 bridgehead atoms. The zero-order chi connectivity index (χ0) is 25.7. The van der Waals surface area contributed by atoms with E-state index in [-0.39, 0.29) is 21.4 Å². The predicted octanol–water partition coefficient (Wildman–Crippen LogP) is -2.05. The maximum absolute atomic E-state index is 12.8. The van der Waals surface area contributed by atoms with Gasteiger partial charge in [0.15, 0.2) is 0 Å². The number of hydrogen-bond donors (Lipinski definition) is 5. The summed E-state index contributed by atoms with van der Waals surface area (Å²) in [5.74, 6) is -5.54. The van der Waals surface area contributed by atoms with Crippen molar-refractivity contribution in [2.24, 2.45) is 12.8 Å². The van der Waals surface area contributed by atoms with E-state index in [1.54, 1.807) is 7.05 Å². The van der Waals surface area contributed by atoms with Crippen molar-refractivity contribution < 1.29 is 39.3 Å². The topological polar surface area (TPSA) is 231 Å². The van der Waals surface area contributed by atoms with Crippen molar-refractivity contribution in [2.75, 3.05) is 11.5 Å². The zero-order valence-electron chi connectivity index (χ0n) is 17.4. The summed E-state index contributed by atoms with van der Waals surface area (Å²) in [7, 11) is 1.62. The van der Waals surface area contributed by atoms with Gasteiger partial charge in [0, 0.05) is 18.6 Å². The van der Waals surface area contributed by atoms with Gasteiger partial charge in [0.25, 0.3) is 17.5 Å². The maximum atomic E-state index is 12.8. The van der Waals surface area contributed by atoms with Gasteiger partial charge >= 0.3 is 11.9 Å². The van der Waals surface area contributed by atoms with E-state index < -0.39 is 50.9 Å². The van der Waals surface area contributed by atoms with Gasteiger partial charge in [-0.25, -0.2) is 14.3 Å². The third-order valence-electron chi connectivity index (χ3n) is 4.91. The number of amides is 3. The number of aliphatic hydroxyl groups is 1. The van der Waals surface area contributed by atoms with Crippen LogP contribution in [0, 0.1) is 0 Å². The van der Waals surface area contributed by atoms with Crippen molar-refractivity contribution in [3.63, 3.8) is 0 Å². The van der Waals surface area contributed by atoms with Crippen LogP contribution in [0.3, 0.4) is 0 Å². The summed E-state index contributed by atoms with van der Waals surface area (Å²) in [5.41, 5.74) is 2.16. The molecule has 1 aromatic rings. The number of aryl methyl sites for hydroxylation is 1. The summed E-state index contributed by atoms with van der Waals surface area (Å²) >= 11 is 3.74. The lowest BCUT2D eigenvalue weighted by molar-refractivity contribution is -0.185. The second-order valence-corrected chi connectivity index (χ2v) is 11.9. The number of carboxylic acids is 2. The first kappa shape index (κ1) is 25.4. The second-order valence-electron chi connectivity index (χ2n) is 7.12. The Kier molecular flexibility index (Phi) is 6.79. The van der Waals surface area contributed by atoms with Crippen LogP contribution in [0.2, 0.25) is 0 Å². The highest BCUT2D eigenvalue weighted by Crippen LogP contribution is 2.53. The van der Waals surface area contributed by atoms with Gasteiger partial charge in [0.1, 0.15) is 21.2 Å². The van der Waals surface area contributed by atoms with Gasteiger partial charge in [-0.3, -0.25) is 19.3 Å². The minimum absolute atomic E-state index is 0.0297. The lowest BCUT2D eigenvalue weighted by Gasteiger charge is -2.54. The van der Waals surface area contributed by atoms with Crippen LogP contribution in [0.4, 0.5) is 0 Å². The number of primary amides is 1. The number of aliphatic carboxylic acids is 2. The molecule has 15 nitrogen and oxygen atoms in total. The molecule has 0 aliphatic carbocycles. The first-order valence-corrected chi connectivity index (χ1v) is 13.2. The first-order valence-electron chi connectivity index (χ1n) is 9.36. The number of hydrogen-bond acceptors (Lipinski definition) is 13. The van der Waals surface area contributed by atoms with Crippen LogP contribution in [0.25, 0.3) is 0 Å². The lowest BCUT2D eigenvalue weighted by atomic mass is 9.99. The van der Waals surface area contributed by atoms with Gasteiger partial charge in [-0.05, 0) is 16.0 Å². The third kappa shape index (κ3) is 4.37. The minimum atomic E-state index is -2.35. The summed E-state index contributed by atoms with van der Waals surface area (Å²) in [5, 5.41) is 42.3. The van der Waals surface area contributed by atoms with E-state index in [0.29, 0.717) is 10.7 Å². The number of carbonyl (C=O) groups excluding carboxylic acids is 3. The highest BCUT2D eigenvalue weighted by Gasteiger charge is 2.65. The molecule has 4 rings (SSSR count). The van der Waals surface area contributed by atoms with E-state index in [2.05, 4.69) is 20.8 Å². The van der Waals surface area contributed by atoms with Crippen molar-refractivity contribution in [2.45, 2.75) is 20.8 Å². The number of carboxylic acid groups (broad SMARTS) is 2. The van der Waals surface area contributed by atoms with E-state index in [4.69, 9.17) is 10.8 Å². The second kappa shape index (κ2) is 9.37. The fourth-order valence-electron chi connectivity index (χ4n) is 3.29. The molecule has 19 heteroatoms. The van der Waals surface area contributed by atoms with Gasteiger partial charge in [0.05, 0.1) is 4.24 Å². The molecule has 186 valence electrons. The molecule has 1 unspecified atom stereocenters. The summed E-state index contributed by atoms with van der Waals surface area (Å²) < 4.78 is 0.495. The summed E-state index contributed by atoms with van der Waals surface area (Å²) in [4.78, 5) is 60.7. The molecule has 6 N–H and O–H groups in total. The molecule has 4 heterocycles. The number of aromatic nitrogens is 4. The zero-order valence-corrected chi connectivity index (χ0v) is 20.7. The van der Waals surface area contributed by atoms with Crippen LogP contribution in [-0.4, -0.2) is 97.3 Å². The first-order chi connectivity index (χ1) is 16.5. The van der Waals surface area contributed by atoms with Gasteiger partial charge in [-0.1, -0.05) is 35.3 Å². The third-order valence-corrected chi connectivity index (χ3v) is 10.2. The number of nitrogens with two attached hydrogens (primary N) is 1. The van der Waals surface area contributed by atoms with Crippen molar-refractivity contribution in [1.82, 2.24) is 30.4 Å². The molecule has 2 saturated heterocycles. The average Bonchev–Trinajstić information content (AvgIpc) is 3.16. The van der Waals surface area contributed by atoms with E-state index in [1.807, 2.05) is 0 Å². The molecule has 35 heavy (non-hydrogen) atoms. The van der Waals surface area contributed by atoms with Crippen LogP contribution in [-0.2, 0) is 31.0 Å². The Morgan fingerprint density at radius 2 is 1.97 bits per heavy atom. The van der Waals surface area contributed by atoms with Crippen molar-refractivity contribution >= 4 is 76.7 Å². The predicted molar refractivity (Wildman–Crippen MR) is 123 cm³/mol. The van der Waals surface area contributed by atoms with Crippen LogP contribution in [0.1, 0.15) is 0 Å². The van der Waals surface area contributed by atoms with Gasteiger partial charge in [0.2, 0.25) is 11.1 Å². The molecule has 1 aromatic heterocycles. The number of rotatable bonds is 8. The Labute approximate surface area is 212 Å². The van der Waals surface area contributed by atoms with E-state index in [9.17, 15) is 34.2 Å². The molecular formula is C16H15N7O8S4. The normalized spacial score (nSPS) is 25.4. The fraction of sp³-hybridized carbons (Fsp3) is 0.375. The molecule has 0 aromatic carbocycles. The highest BCUT2D eigenvalue weighted by atomic mass is 32.3. The lowest BCUT2D eigenvalue weighted by Crippen LogP contribution is -2.80. The molecule has 3 aliphatic heterocycles. The van der Waals surface area contributed by atoms with Crippen LogP contribution in [0.15, 0.2) is 26.2 Å². The number of carbonyl (C=O) groups is 5. The minimum Gasteiger partial charge on any atom is -0.477 e. The monoisotopic (exact) mass is 561 g/mol. The Bertz CT molecular complexity index is 1210. The Hall–Kier alpha value is -2.74. The van der Waals surface area contributed by atoms with Crippen molar-refractivity contribution in [3.05, 3.63) is 21.1 Å². The molecule has 0 spiro atoms. The van der Waals surface area contributed by atoms with Crippen LogP contribution in [0.5, 0.6) is 0 Å². The summed E-state index contributed by atoms with van der Waals surface area (Å²) in [6.07, 6.45) is 0. The fourth-order valence-corrected chi connectivity index (χ4v) is 7.85. The Morgan fingerprint density at radius 3 is 2.51 bits per heavy atom. The van der Waals surface area contributed by atoms with Gasteiger partial charge in [-0.2, -0.15) is 0 Å². The number of thioether (sulfide) groups is 4.